The van der Waals surface area contributed by atoms with Crippen LogP contribution in [0.25, 0.3) is 0 Å². The number of nitrogens with one attached hydrogen (secondary N) is 1. The predicted octanol–water partition coefficient (Wildman–Crippen LogP) is 7.94. The molecule has 0 unspecified atom stereocenters. The number of carbonyl (C=O) groups is 3. The van der Waals surface area contributed by atoms with Crippen LogP contribution in [0.15, 0.2) is 36.4 Å². The van der Waals surface area contributed by atoms with Crippen molar-refractivity contribution >= 4 is 40.9 Å². The van der Waals surface area contributed by atoms with E-state index in [1.54, 1.807) is 4.90 Å². The number of alkyl halides is 3. The molecule has 1 atom stereocenters. The number of carbonyl (C=O) groups excluding carboxylic acids is 3. The van der Waals surface area contributed by atoms with Gasteiger partial charge >= 0.3 is 18.2 Å². The lowest BCUT2D eigenvalue weighted by molar-refractivity contribution is -0.161. The van der Waals surface area contributed by atoms with E-state index in [2.05, 4.69) is 10.2 Å². The van der Waals surface area contributed by atoms with Crippen LogP contribution in [0, 0.1) is 11.8 Å². The molecule has 0 bridgehead atoms. The minimum absolute atomic E-state index is 0.0498. The zero-order valence-electron chi connectivity index (χ0n) is 28.9. The van der Waals surface area contributed by atoms with Gasteiger partial charge in [-0.1, -0.05) is 36.2 Å². The van der Waals surface area contributed by atoms with Crippen LogP contribution in [-0.2, 0) is 37.3 Å². The predicted molar refractivity (Wildman–Crippen MR) is 188 cm³/mol. The molecule has 3 N–H and O–H groups in total. The van der Waals surface area contributed by atoms with Crippen LogP contribution in [0.5, 0.6) is 0 Å². The Morgan fingerprint density at radius 1 is 1.00 bits per heavy atom. The van der Waals surface area contributed by atoms with Crippen LogP contribution in [0.2, 0.25) is 5.02 Å². The molecule has 1 spiro atoms. The fourth-order valence-electron chi connectivity index (χ4n) is 8.31. The molecule has 4 aliphatic rings. The van der Waals surface area contributed by atoms with Gasteiger partial charge in [0.25, 0.3) is 5.91 Å². The number of benzene rings is 2. The lowest BCUT2D eigenvalue weighted by atomic mass is 9.73. The van der Waals surface area contributed by atoms with E-state index in [-0.39, 0.29) is 29.3 Å². The number of esters is 1. The van der Waals surface area contributed by atoms with Gasteiger partial charge in [-0.25, -0.2) is 4.79 Å². The minimum Gasteiger partial charge on any atom is -0.452 e. The molecule has 278 valence electrons. The molecule has 2 aromatic rings. The molecule has 0 radical (unpaired) electrons. The molecule has 1 saturated carbocycles. The van der Waals surface area contributed by atoms with Crippen LogP contribution in [0.1, 0.15) is 93.7 Å². The minimum atomic E-state index is -4.75. The summed E-state index contributed by atoms with van der Waals surface area (Å²) < 4.78 is 53.0. The summed E-state index contributed by atoms with van der Waals surface area (Å²) in [5, 5.41) is 2.49. The maximum absolute atomic E-state index is 13.9. The summed E-state index contributed by atoms with van der Waals surface area (Å²) in [7, 11) is 0. The molecule has 3 aliphatic heterocycles. The maximum Gasteiger partial charge on any atom is 0.418 e. The van der Waals surface area contributed by atoms with Gasteiger partial charge in [-0.3, -0.25) is 14.9 Å². The molecule has 2 saturated heterocycles. The monoisotopic (exact) mass is 732 g/mol. The van der Waals surface area contributed by atoms with Gasteiger partial charge in [-0.15, -0.1) is 0 Å². The van der Waals surface area contributed by atoms with Crippen molar-refractivity contribution in [1.82, 2.24) is 9.80 Å². The second-order valence-corrected chi connectivity index (χ2v) is 15.1. The van der Waals surface area contributed by atoms with Gasteiger partial charge in [0.1, 0.15) is 5.60 Å². The number of ether oxygens (including phenoxy) is 2. The molecule has 9 nitrogen and oxygen atoms in total. The van der Waals surface area contributed by atoms with Crippen molar-refractivity contribution in [3.8, 4) is 0 Å². The third kappa shape index (κ3) is 9.11. The van der Waals surface area contributed by atoms with Gasteiger partial charge in [0.15, 0.2) is 6.10 Å². The smallest absolute Gasteiger partial charge is 0.418 e. The SMILES string of the molecule is Nc1c(Cl)cc(C[C@@H](OC(=O)CCC2CCC3(CC2)OC(=O)Nc2ccccc23)C(=O)N2CCC(CCN3CCCCC3)CC2)cc1C(F)(F)F. The summed E-state index contributed by atoms with van der Waals surface area (Å²) in [5.74, 6) is -0.336. The Hall–Kier alpha value is -3.51. The second kappa shape index (κ2) is 16.0. The summed E-state index contributed by atoms with van der Waals surface area (Å²) in [6.07, 6.45) is 2.96. The number of halogens is 4. The lowest BCUT2D eigenvalue weighted by Gasteiger charge is -2.43. The average Bonchev–Trinajstić information content (AvgIpc) is 3.11. The first kappa shape index (κ1) is 37.3. The largest absolute Gasteiger partial charge is 0.452 e. The number of nitrogen functional groups attached to an aromatic ring is 1. The van der Waals surface area contributed by atoms with Crippen LogP contribution < -0.4 is 11.1 Å². The Morgan fingerprint density at radius 2 is 1.69 bits per heavy atom. The standard InChI is InChI=1S/C38H48ClF3N4O5/c39-30-23-27(22-29(34(30)43)38(40,41)42)24-32(35(48)46-20-13-26(14-21-46)12-19-45-17-4-1-5-18-45)50-33(47)9-8-25-10-15-37(16-11-25)28-6-2-3-7-31(28)44-36(49)51-37/h2-3,6-7,22-23,25-26,32H,1,4-5,8-21,24,43H2,(H,44,49)/t25?,32-,37?/m1/s1. The van der Waals surface area contributed by atoms with E-state index in [1.807, 2.05) is 24.3 Å². The quantitative estimate of drug-likeness (QED) is 0.188. The number of nitrogens with zero attached hydrogens (tertiary/aromatic N) is 2. The molecule has 2 aromatic carbocycles. The van der Waals surface area contributed by atoms with E-state index >= 15 is 0 Å². The normalized spacial score (nSPS) is 23.6. The summed E-state index contributed by atoms with van der Waals surface area (Å²) in [4.78, 5) is 43.7. The molecule has 0 aromatic heterocycles. The van der Waals surface area contributed by atoms with Crippen molar-refractivity contribution in [2.24, 2.45) is 11.8 Å². The molecule has 6 rings (SSSR count). The maximum atomic E-state index is 13.9. The van der Waals surface area contributed by atoms with Crippen molar-refractivity contribution in [3.05, 3.63) is 58.1 Å². The van der Waals surface area contributed by atoms with E-state index in [4.69, 9.17) is 26.8 Å². The summed E-state index contributed by atoms with van der Waals surface area (Å²) in [6, 6.07) is 9.79. The second-order valence-electron chi connectivity index (χ2n) is 14.7. The first-order valence-corrected chi connectivity index (χ1v) is 18.7. The first-order valence-electron chi connectivity index (χ1n) is 18.4. The highest BCUT2D eigenvalue weighted by molar-refractivity contribution is 6.33. The molecule has 3 fully saturated rings. The molecular formula is C38H48ClF3N4O5. The number of hydrogen-bond donors (Lipinski definition) is 2. The summed E-state index contributed by atoms with van der Waals surface area (Å²) in [5.41, 5.74) is 5.08. The third-order valence-electron chi connectivity index (χ3n) is 11.3. The molecule has 2 amide bonds. The number of amides is 2. The number of rotatable bonds is 10. The van der Waals surface area contributed by atoms with E-state index < -0.39 is 47.1 Å². The Morgan fingerprint density at radius 3 is 2.39 bits per heavy atom. The van der Waals surface area contributed by atoms with Gasteiger partial charge in [0, 0.05) is 31.5 Å². The van der Waals surface area contributed by atoms with Gasteiger partial charge in [-0.05, 0) is 119 Å². The van der Waals surface area contributed by atoms with Crippen molar-refractivity contribution in [2.45, 2.75) is 101 Å². The summed E-state index contributed by atoms with van der Waals surface area (Å²) >= 11 is 6.11. The average molecular weight is 733 g/mol. The van der Waals surface area contributed by atoms with Gasteiger partial charge in [0.2, 0.25) is 0 Å². The molecule has 13 heteroatoms. The van der Waals surface area contributed by atoms with E-state index in [0.717, 1.165) is 69.1 Å². The van der Waals surface area contributed by atoms with Gasteiger partial charge in [0.05, 0.1) is 22.0 Å². The van der Waals surface area contributed by atoms with Crippen molar-refractivity contribution in [2.75, 3.05) is 43.8 Å². The zero-order valence-corrected chi connectivity index (χ0v) is 29.7. The number of hydrogen-bond acceptors (Lipinski definition) is 7. The highest BCUT2D eigenvalue weighted by Crippen LogP contribution is 2.48. The topological polar surface area (TPSA) is 114 Å². The zero-order chi connectivity index (χ0) is 36.2. The van der Waals surface area contributed by atoms with Crippen LogP contribution >= 0.6 is 11.6 Å². The molecule has 51 heavy (non-hydrogen) atoms. The Labute approximate surface area is 302 Å². The molecular weight excluding hydrogens is 685 g/mol. The van der Waals surface area contributed by atoms with E-state index in [1.165, 1.54) is 25.3 Å². The highest BCUT2D eigenvalue weighted by atomic mass is 35.5. The van der Waals surface area contributed by atoms with Crippen molar-refractivity contribution in [3.63, 3.8) is 0 Å². The van der Waals surface area contributed by atoms with E-state index in [0.29, 0.717) is 38.3 Å². The Kier molecular flexibility index (Phi) is 11.7. The first-order chi connectivity index (χ1) is 24.4. The van der Waals surface area contributed by atoms with Gasteiger partial charge in [-0.2, -0.15) is 13.2 Å². The highest BCUT2D eigenvalue weighted by Gasteiger charge is 2.44. The Bertz CT molecular complexity index is 1570. The van der Waals surface area contributed by atoms with E-state index in [9.17, 15) is 27.6 Å². The number of piperidine rings is 2. The van der Waals surface area contributed by atoms with Crippen molar-refractivity contribution < 1.29 is 37.0 Å². The van der Waals surface area contributed by atoms with Crippen molar-refractivity contribution in [1.29, 1.82) is 0 Å². The Balaban J connectivity index is 1.08. The molecule has 1 aliphatic carbocycles. The van der Waals surface area contributed by atoms with Crippen LogP contribution in [0.4, 0.5) is 29.3 Å². The lowest BCUT2D eigenvalue weighted by Crippen LogP contribution is -2.46. The summed E-state index contributed by atoms with van der Waals surface area (Å²) in [6.45, 7) is 4.33. The number of anilines is 2. The van der Waals surface area contributed by atoms with Gasteiger partial charge < -0.3 is 25.0 Å². The third-order valence-corrected chi connectivity index (χ3v) is 11.6. The number of fused-ring (bicyclic) bond motifs is 2. The fraction of sp³-hybridized carbons (Fsp3) is 0.605. The van der Waals surface area contributed by atoms with Crippen LogP contribution in [-0.4, -0.2) is 66.6 Å². The fourth-order valence-corrected chi connectivity index (χ4v) is 8.56. The number of nitrogens with two attached hydrogens (primary N) is 1. The molecule has 3 heterocycles. The number of likely N-dealkylation sites (tertiary alicyclic amines) is 2. The number of para-hydroxylation sites is 1. The van der Waals surface area contributed by atoms with Crippen LogP contribution in [0.3, 0.4) is 0 Å².